The van der Waals surface area contributed by atoms with Crippen molar-refractivity contribution in [3.63, 3.8) is 0 Å². The van der Waals surface area contributed by atoms with Gasteiger partial charge in [-0.15, -0.1) is 0 Å². The normalized spacial score (nSPS) is 15.5. The number of primary amides is 1. The first-order chi connectivity index (χ1) is 17.0. The smallest absolute Gasteiger partial charge is 0.410 e. The summed E-state index contributed by atoms with van der Waals surface area (Å²) < 4.78 is 22.4. The molecule has 180 valence electrons. The minimum absolute atomic E-state index is 0.110. The van der Waals surface area contributed by atoms with Crippen LogP contribution in [0.4, 0.5) is 16.3 Å². The van der Waals surface area contributed by atoms with Crippen LogP contribution in [0.15, 0.2) is 34.7 Å². The maximum absolute atomic E-state index is 11.4. The molecule has 1 unspecified atom stereocenters. The molecule has 0 bridgehead atoms. The number of aromatic nitrogens is 1. The van der Waals surface area contributed by atoms with Gasteiger partial charge in [0.05, 0.1) is 36.0 Å². The summed E-state index contributed by atoms with van der Waals surface area (Å²) in [5.41, 5.74) is 13.1. The molecule has 0 aliphatic carbocycles. The molecule has 35 heavy (non-hydrogen) atoms. The number of amides is 1. The van der Waals surface area contributed by atoms with Gasteiger partial charge < -0.3 is 35.4 Å². The van der Waals surface area contributed by atoms with E-state index in [9.17, 15) is 10.1 Å². The van der Waals surface area contributed by atoms with Crippen LogP contribution < -0.4 is 21.5 Å². The highest BCUT2D eigenvalue weighted by Gasteiger charge is 2.26. The van der Waals surface area contributed by atoms with E-state index < -0.39 is 6.09 Å². The molecule has 0 radical (unpaired) electrons. The van der Waals surface area contributed by atoms with Crippen LogP contribution in [-0.4, -0.2) is 43.5 Å². The number of nitriles is 1. The van der Waals surface area contributed by atoms with Crippen LogP contribution in [0, 0.1) is 11.3 Å². The van der Waals surface area contributed by atoms with Crippen molar-refractivity contribution in [2.24, 2.45) is 5.73 Å². The van der Waals surface area contributed by atoms with Gasteiger partial charge in [-0.3, -0.25) is 0 Å². The topological polar surface area (TPSA) is 159 Å². The second-order valence-corrected chi connectivity index (χ2v) is 8.97. The number of furan rings is 1. The molecule has 0 spiro atoms. The van der Waals surface area contributed by atoms with Crippen molar-refractivity contribution in [3.05, 3.63) is 35.9 Å². The number of carbonyl (C=O) groups is 1. The van der Waals surface area contributed by atoms with Gasteiger partial charge in [0.25, 0.3) is 0 Å². The molecule has 1 fully saturated rings. The van der Waals surface area contributed by atoms with Crippen molar-refractivity contribution >= 4 is 50.1 Å². The third kappa shape index (κ3) is 4.59. The van der Waals surface area contributed by atoms with Crippen LogP contribution in [0.1, 0.15) is 18.4 Å². The Morgan fingerprint density at radius 2 is 2.23 bits per heavy atom. The van der Waals surface area contributed by atoms with Crippen LogP contribution in [0.3, 0.4) is 0 Å². The number of hydrogen-bond donors (Lipinski definition) is 3. The minimum Gasteiger partial charge on any atom is -0.456 e. The number of anilines is 2. The number of carbonyl (C=O) groups excluding carboxylic acids is 1. The Morgan fingerprint density at radius 1 is 1.37 bits per heavy atom. The van der Waals surface area contributed by atoms with Crippen molar-refractivity contribution in [1.82, 2.24) is 4.98 Å². The number of nitrogens with one attached hydrogen (secondary N) is 1. The Kier molecular flexibility index (Phi) is 6.41. The van der Waals surface area contributed by atoms with Crippen LogP contribution in [0.5, 0.6) is 5.06 Å². The van der Waals surface area contributed by atoms with E-state index in [1.807, 2.05) is 30.3 Å². The quantitative estimate of drug-likeness (QED) is 0.305. The Balaban J connectivity index is 1.53. The number of ether oxygens (including phenoxy) is 3. The third-order valence-corrected chi connectivity index (χ3v) is 6.66. The van der Waals surface area contributed by atoms with E-state index in [4.69, 9.17) is 30.1 Å². The number of nitrogen functional groups attached to an aromatic ring is 1. The highest BCUT2D eigenvalue weighted by atomic mass is 32.1. The van der Waals surface area contributed by atoms with Gasteiger partial charge in [-0.1, -0.05) is 29.5 Å². The van der Waals surface area contributed by atoms with Crippen molar-refractivity contribution in [1.29, 1.82) is 5.26 Å². The van der Waals surface area contributed by atoms with Gasteiger partial charge in [0.1, 0.15) is 33.6 Å². The average molecular weight is 494 g/mol. The maximum atomic E-state index is 11.4. The van der Waals surface area contributed by atoms with E-state index in [0.717, 1.165) is 36.2 Å². The van der Waals surface area contributed by atoms with Gasteiger partial charge in [0.2, 0.25) is 5.06 Å². The van der Waals surface area contributed by atoms with Crippen molar-refractivity contribution in [2.75, 3.05) is 37.4 Å². The first-order valence-corrected chi connectivity index (χ1v) is 11.9. The summed E-state index contributed by atoms with van der Waals surface area (Å²) in [4.78, 5) is 16.5. The molecule has 1 saturated heterocycles. The highest BCUT2D eigenvalue weighted by Crippen LogP contribution is 2.47. The van der Waals surface area contributed by atoms with Crippen LogP contribution >= 0.6 is 11.3 Å². The van der Waals surface area contributed by atoms with Crippen LogP contribution in [0.2, 0.25) is 0 Å². The number of benzene rings is 1. The number of hydrogen-bond acceptors (Lipinski definition) is 10. The molecule has 4 aromatic rings. The van der Waals surface area contributed by atoms with Crippen LogP contribution in [-0.2, 0) is 9.47 Å². The summed E-state index contributed by atoms with van der Waals surface area (Å²) in [6, 6.07) is 11.6. The second-order valence-electron chi connectivity index (χ2n) is 8.01. The number of thiophene rings is 1. The third-order valence-electron chi connectivity index (χ3n) is 5.69. The average Bonchev–Trinajstić information content (AvgIpc) is 3.57. The number of nitrogens with two attached hydrogens (primary N) is 2. The fourth-order valence-corrected chi connectivity index (χ4v) is 5.08. The van der Waals surface area contributed by atoms with Crippen molar-refractivity contribution < 1.29 is 23.4 Å². The Hall–Kier alpha value is -3.85. The lowest BCUT2D eigenvalue weighted by Crippen LogP contribution is -2.18. The van der Waals surface area contributed by atoms with Gasteiger partial charge in [0.15, 0.2) is 0 Å². The lowest BCUT2D eigenvalue weighted by Gasteiger charge is -2.13. The van der Waals surface area contributed by atoms with Gasteiger partial charge in [-0.2, -0.15) is 5.26 Å². The van der Waals surface area contributed by atoms with E-state index >= 15 is 0 Å². The molecule has 5 rings (SSSR count). The van der Waals surface area contributed by atoms with E-state index in [1.54, 1.807) is 0 Å². The number of para-hydroxylation sites is 1. The molecule has 1 atom stereocenters. The summed E-state index contributed by atoms with van der Waals surface area (Å²) in [5.74, 6) is 0.797. The van der Waals surface area contributed by atoms with E-state index in [1.165, 1.54) is 0 Å². The molecular weight excluding hydrogens is 470 g/mol. The monoisotopic (exact) mass is 493 g/mol. The summed E-state index contributed by atoms with van der Waals surface area (Å²) in [7, 11) is 0. The molecule has 5 N–H and O–H groups in total. The largest absolute Gasteiger partial charge is 0.456 e. The van der Waals surface area contributed by atoms with Gasteiger partial charge in [-0.05, 0) is 25.0 Å². The zero-order valence-electron chi connectivity index (χ0n) is 18.7. The lowest BCUT2D eigenvalue weighted by atomic mass is 10.0. The summed E-state index contributed by atoms with van der Waals surface area (Å²) >= 11 is 1.06. The van der Waals surface area contributed by atoms with Crippen LogP contribution in [0.25, 0.3) is 32.5 Å². The van der Waals surface area contributed by atoms with Gasteiger partial charge in [-0.25, -0.2) is 9.78 Å². The van der Waals surface area contributed by atoms with Crippen molar-refractivity contribution in [3.8, 4) is 22.5 Å². The second kappa shape index (κ2) is 9.79. The number of fused-ring (bicyclic) bond motifs is 2. The molecule has 1 aliphatic rings. The Labute approximate surface area is 204 Å². The standard InChI is InChI=1S/C24H23N5O5S/c25-11-15-18(17-10-13-4-1-2-6-16(13)33-17)19-20(26)23(34-24(27)30)35-22(19)29-21(15)28-7-9-31-12-14-5-3-8-32-14/h1-2,4,6,10,14H,3,5,7-9,12,26H2,(H2,27,30)(H,28,29). The fourth-order valence-electron chi connectivity index (χ4n) is 4.12. The zero-order chi connectivity index (χ0) is 24.4. The molecule has 1 aliphatic heterocycles. The maximum Gasteiger partial charge on any atom is 0.410 e. The van der Waals surface area contributed by atoms with E-state index in [-0.39, 0.29) is 22.4 Å². The first kappa shape index (κ1) is 22.9. The lowest BCUT2D eigenvalue weighted by molar-refractivity contribution is 0.0206. The number of nitrogens with zero attached hydrogens (tertiary/aromatic N) is 2. The summed E-state index contributed by atoms with van der Waals surface area (Å²) in [6.07, 6.45) is 1.20. The molecule has 1 aromatic carbocycles. The predicted molar refractivity (Wildman–Crippen MR) is 132 cm³/mol. The summed E-state index contributed by atoms with van der Waals surface area (Å²) in [6.45, 7) is 2.13. The number of rotatable bonds is 8. The minimum atomic E-state index is -0.990. The Morgan fingerprint density at radius 3 is 2.97 bits per heavy atom. The SMILES string of the molecule is N#Cc1c(NCCOCC2CCCO2)nc2sc(OC(N)=O)c(N)c2c1-c1cc2ccccc2o1. The molecule has 0 saturated carbocycles. The molecule has 4 heterocycles. The zero-order valence-corrected chi connectivity index (χ0v) is 19.5. The van der Waals surface area contributed by atoms with Gasteiger partial charge in [0, 0.05) is 18.5 Å². The van der Waals surface area contributed by atoms with Crippen molar-refractivity contribution in [2.45, 2.75) is 18.9 Å². The van der Waals surface area contributed by atoms with Gasteiger partial charge >= 0.3 is 6.09 Å². The van der Waals surface area contributed by atoms with E-state index in [2.05, 4.69) is 16.4 Å². The molecule has 11 heteroatoms. The summed E-state index contributed by atoms with van der Waals surface area (Å²) in [5, 5.41) is 14.8. The predicted octanol–water partition coefficient (Wildman–Crippen LogP) is 4.23. The molecule has 1 amide bonds. The number of pyridine rings is 1. The molecular formula is C24H23N5O5S. The first-order valence-electron chi connectivity index (χ1n) is 11.1. The Bertz CT molecular complexity index is 1400. The highest BCUT2D eigenvalue weighted by molar-refractivity contribution is 7.21. The molecule has 3 aromatic heterocycles. The molecule has 10 nitrogen and oxygen atoms in total. The fraction of sp³-hybridized carbons (Fsp3) is 0.292. The van der Waals surface area contributed by atoms with E-state index in [0.29, 0.717) is 52.7 Å².